The lowest BCUT2D eigenvalue weighted by atomic mass is 9.97. The van der Waals surface area contributed by atoms with Crippen LogP contribution in [-0.4, -0.2) is 13.7 Å². The molecule has 0 saturated heterocycles. The zero-order chi connectivity index (χ0) is 15.4. The summed E-state index contributed by atoms with van der Waals surface area (Å²) in [5.41, 5.74) is 3.67. The summed E-state index contributed by atoms with van der Waals surface area (Å²) >= 11 is 7.35. The molecule has 2 rings (SSSR count). The van der Waals surface area contributed by atoms with E-state index in [9.17, 15) is 0 Å². The van der Waals surface area contributed by atoms with Crippen LogP contribution in [0.25, 0.3) is 0 Å². The molecule has 1 atom stereocenters. The first kappa shape index (κ1) is 16.5. The minimum absolute atomic E-state index is 0.130. The maximum atomic E-state index is 5.28. The molecule has 0 amide bonds. The van der Waals surface area contributed by atoms with Crippen LogP contribution in [0.4, 0.5) is 0 Å². The van der Waals surface area contributed by atoms with E-state index in [0.717, 1.165) is 21.2 Å². The molecule has 4 heteroatoms. The molecule has 2 aromatic carbocycles. The van der Waals surface area contributed by atoms with Crippen molar-refractivity contribution in [3.8, 4) is 5.75 Å². The molecule has 112 valence electrons. The normalized spacial score (nSPS) is 12.2. The van der Waals surface area contributed by atoms with Gasteiger partial charge in [-0.2, -0.15) is 0 Å². The summed E-state index contributed by atoms with van der Waals surface area (Å²) in [6, 6.07) is 12.7. The number of hydrogen-bond donors (Lipinski definition) is 1. The quantitative estimate of drug-likeness (QED) is 0.725. The first-order valence-corrected chi connectivity index (χ1v) is 8.48. The molecule has 0 radical (unpaired) electrons. The SMILES string of the molecule is CCNC(c1ccc(C)cc1Br)c1ccc(OC)cc1Br. The third-order valence-electron chi connectivity index (χ3n) is 3.39. The molecule has 0 fully saturated rings. The lowest BCUT2D eigenvalue weighted by Crippen LogP contribution is -2.22. The van der Waals surface area contributed by atoms with E-state index in [0.29, 0.717) is 0 Å². The fourth-order valence-electron chi connectivity index (χ4n) is 2.33. The number of rotatable bonds is 5. The van der Waals surface area contributed by atoms with Gasteiger partial charge in [0.1, 0.15) is 5.75 Å². The number of ether oxygens (including phenoxy) is 1. The summed E-state index contributed by atoms with van der Waals surface area (Å²) in [5, 5.41) is 3.55. The van der Waals surface area contributed by atoms with Gasteiger partial charge in [0.15, 0.2) is 0 Å². The van der Waals surface area contributed by atoms with E-state index in [1.54, 1.807) is 7.11 Å². The molecule has 1 unspecified atom stereocenters. The van der Waals surface area contributed by atoms with Crippen LogP contribution in [0.2, 0.25) is 0 Å². The Hall–Kier alpha value is -0.840. The number of hydrogen-bond acceptors (Lipinski definition) is 2. The number of aryl methyl sites for hydroxylation is 1. The minimum atomic E-state index is 0.130. The molecule has 1 N–H and O–H groups in total. The predicted octanol–water partition coefficient (Wildman–Crippen LogP) is 5.23. The summed E-state index contributed by atoms with van der Waals surface area (Å²) in [5.74, 6) is 0.851. The van der Waals surface area contributed by atoms with Crippen molar-refractivity contribution in [1.82, 2.24) is 5.32 Å². The molecule has 0 saturated carbocycles. The number of benzene rings is 2. The van der Waals surface area contributed by atoms with Gasteiger partial charge in [-0.1, -0.05) is 57.0 Å². The highest BCUT2D eigenvalue weighted by molar-refractivity contribution is 9.10. The van der Waals surface area contributed by atoms with Crippen LogP contribution < -0.4 is 10.1 Å². The maximum Gasteiger partial charge on any atom is 0.120 e. The Morgan fingerprint density at radius 2 is 1.67 bits per heavy atom. The molecule has 2 aromatic rings. The van der Waals surface area contributed by atoms with Crippen molar-refractivity contribution in [2.45, 2.75) is 19.9 Å². The lowest BCUT2D eigenvalue weighted by Gasteiger charge is -2.22. The Balaban J connectivity index is 2.48. The predicted molar refractivity (Wildman–Crippen MR) is 95.1 cm³/mol. The molecule has 0 aliphatic rings. The van der Waals surface area contributed by atoms with E-state index < -0.39 is 0 Å². The largest absolute Gasteiger partial charge is 0.497 e. The van der Waals surface area contributed by atoms with Crippen molar-refractivity contribution in [3.63, 3.8) is 0 Å². The lowest BCUT2D eigenvalue weighted by molar-refractivity contribution is 0.414. The molecular formula is C17H19Br2NO. The van der Waals surface area contributed by atoms with Crippen molar-refractivity contribution in [3.05, 3.63) is 62.0 Å². The first-order valence-electron chi connectivity index (χ1n) is 6.89. The Labute approximate surface area is 143 Å². The molecule has 0 bridgehead atoms. The van der Waals surface area contributed by atoms with Crippen LogP contribution in [-0.2, 0) is 0 Å². The topological polar surface area (TPSA) is 21.3 Å². The number of nitrogens with one attached hydrogen (secondary N) is 1. The van der Waals surface area contributed by atoms with Crippen LogP contribution >= 0.6 is 31.9 Å². The highest BCUT2D eigenvalue weighted by Crippen LogP contribution is 2.34. The molecule has 2 nitrogen and oxygen atoms in total. The summed E-state index contributed by atoms with van der Waals surface area (Å²) in [4.78, 5) is 0. The van der Waals surface area contributed by atoms with Crippen molar-refractivity contribution in [1.29, 1.82) is 0 Å². The van der Waals surface area contributed by atoms with Crippen LogP contribution in [0.5, 0.6) is 5.75 Å². The Morgan fingerprint density at radius 3 is 2.19 bits per heavy atom. The second kappa shape index (κ2) is 7.43. The van der Waals surface area contributed by atoms with Gasteiger partial charge in [0.05, 0.1) is 13.2 Å². The average Bonchev–Trinajstić information content (AvgIpc) is 2.46. The zero-order valence-corrected chi connectivity index (χ0v) is 15.6. The summed E-state index contributed by atoms with van der Waals surface area (Å²) in [7, 11) is 1.68. The van der Waals surface area contributed by atoms with Gasteiger partial charge >= 0.3 is 0 Å². The summed E-state index contributed by atoms with van der Waals surface area (Å²) < 4.78 is 7.44. The molecule has 0 aromatic heterocycles. The zero-order valence-electron chi connectivity index (χ0n) is 12.4. The summed E-state index contributed by atoms with van der Waals surface area (Å²) in [6.45, 7) is 5.11. The molecule has 0 spiro atoms. The van der Waals surface area contributed by atoms with Crippen molar-refractivity contribution in [2.75, 3.05) is 13.7 Å². The van der Waals surface area contributed by atoms with Crippen molar-refractivity contribution >= 4 is 31.9 Å². The molecule has 21 heavy (non-hydrogen) atoms. The van der Waals surface area contributed by atoms with Gasteiger partial charge in [-0.3, -0.25) is 0 Å². The number of methoxy groups -OCH3 is 1. The van der Waals surface area contributed by atoms with Crippen LogP contribution in [0.3, 0.4) is 0 Å². The van der Waals surface area contributed by atoms with Crippen LogP contribution in [0.1, 0.15) is 29.7 Å². The van der Waals surface area contributed by atoms with Crippen molar-refractivity contribution in [2.24, 2.45) is 0 Å². The van der Waals surface area contributed by atoms with E-state index in [1.165, 1.54) is 16.7 Å². The second-order valence-electron chi connectivity index (χ2n) is 4.90. The summed E-state index contributed by atoms with van der Waals surface area (Å²) in [6.07, 6.45) is 0. The van der Waals surface area contributed by atoms with Gasteiger partial charge < -0.3 is 10.1 Å². The monoisotopic (exact) mass is 411 g/mol. The fourth-order valence-corrected chi connectivity index (χ4v) is 3.64. The third kappa shape index (κ3) is 3.87. The Bertz CT molecular complexity index is 628. The molecule has 0 aliphatic heterocycles. The highest BCUT2D eigenvalue weighted by Gasteiger charge is 2.18. The van der Waals surface area contributed by atoms with E-state index in [4.69, 9.17) is 4.74 Å². The Morgan fingerprint density at radius 1 is 1.05 bits per heavy atom. The molecule has 0 aliphatic carbocycles. The van der Waals surface area contributed by atoms with E-state index >= 15 is 0 Å². The van der Waals surface area contributed by atoms with Gasteiger partial charge in [0.25, 0.3) is 0 Å². The van der Waals surface area contributed by atoms with Gasteiger partial charge in [-0.05, 0) is 48.4 Å². The van der Waals surface area contributed by atoms with Gasteiger partial charge in [0, 0.05) is 8.95 Å². The van der Waals surface area contributed by atoms with E-state index in [-0.39, 0.29) is 6.04 Å². The minimum Gasteiger partial charge on any atom is -0.497 e. The molecular weight excluding hydrogens is 394 g/mol. The van der Waals surface area contributed by atoms with Gasteiger partial charge in [0.2, 0.25) is 0 Å². The Kier molecular flexibility index (Phi) is 5.85. The van der Waals surface area contributed by atoms with Crippen LogP contribution in [0, 0.1) is 6.92 Å². The fraction of sp³-hybridized carbons (Fsp3) is 0.294. The van der Waals surface area contributed by atoms with E-state index in [1.807, 2.05) is 12.1 Å². The first-order chi connectivity index (χ1) is 10.1. The highest BCUT2D eigenvalue weighted by atomic mass is 79.9. The van der Waals surface area contributed by atoms with Gasteiger partial charge in [-0.15, -0.1) is 0 Å². The second-order valence-corrected chi connectivity index (χ2v) is 6.61. The third-order valence-corrected chi connectivity index (χ3v) is 4.77. The standard InChI is InChI=1S/C17H19Br2NO/c1-4-20-17(13-7-5-11(2)9-15(13)18)14-8-6-12(21-3)10-16(14)19/h5-10,17,20H,4H2,1-3H3. The van der Waals surface area contributed by atoms with E-state index in [2.05, 4.69) is 75.3 Å². The van der Waals surface area contributed by atoms with Gasteiger partial charge in [-0.25, -0.2) is 0 Å². The smallest absolute Gasteiger partial charge is 0.120 e. The van der Waals surface area contributed by atoms with Crippen molar-refractivity contribution < 1.29 is 4.74 Å². The average molecular weight is 413 g/mol. The van der Waals surface area contributed by atoms with Crippen LogP contribution in [0.15, 0.2) is 45.3 Å². The number of halogens is 2. The molecule has 0 heterocycles. The maximum absolute atomic E-state index is 5.28.